The van der Waals surface area contributed by atoms with Gasteiger partial charge < -0.3 is 20.5 Å². The van der Waals surface area contributed by atoms with Crippen LogP contribution >= 0.6 is 0 Å². The average molecular weight is 208 g/mol. The van der Waals surface area contributed by atoms with Gasteiger partial charge in [-0.25, -0.2) is 0 Å². The van der Waals surface area contributed by atoms with E-state index in [0.29, 0.717) is 18.0 Å². The van der Waals surface area contributed by atoms with Crippen molar-refractivity contribution in [3.05, 3.63) is 18.2 Å². The van der Waals surface area contributed by atoms with Crippen molar-refractivity contribution in [2.75, 3.05) is 30.8 Å². The van der Waals surface area contributed by atoms with E-state index < -0.39 is 0 Å². The molecule has 0 saturated carbocycles. The molecular weight excluding hydrogens is 192 g/mol. The van der Waals surface area contributed by atoms with Crippen LogP contribution in [0.5, 0.6) is 5.75 Å². The number of nitrogens with two attached hydrogens (primary N) is 1. The van der Waals surface area contributed by atoms with Gasteiger partial charge in [-0.1, -0.05) is 0 Å². The highest BCUT2D eigenvalue weighted by atomic mass is 16.5. The van der Waals surface area contributed by atoms with Gasteiger partial charge in [-0.2, -0.15) is 0 Å². The first-order valence-corrected chi connectivity index (χ1v) is 5.07. The average Bonchev–Trinajstić information content (AvgIpc) is 2.66. The fourth-order valence-corrected chi connectivity index (χ4v) is 1.87. The number of methoxy groups -OCH3 is 1. The Labute approximate surface area is 89.3 Å². The summed E-state index contributed by atoms with van der Waals surface area (Å²) < 4.78 is 5.16. The van der Waals surface area contributed by atoms with E-state index in [1.54, 1.807) is 7.11 Å². The first-order valence-electron chi connectivity index (χ1n) is 5.07. The molecule has 1 atom stereocenters. The summed E-state index contributed by atoms with van der Waals surface area (Å²) in [5.41, 5.74) is 7.43. The number of nitrogens with zero attached hydrogens (tertiary/aromatic N) is 1. The molecule has 1 aliphatic heterocycles. The van der Waals surface area contributed by atoms with E-state index in [0.717, 1.165) is 18.7 Å². The zero-order valence-corrected chi connectivity index (χ0v) is 8.81. The van der Waals surface area contributed by atoms with E-state index in [1.165, 1.54) is 0 Å². The molecule has 1 heterocycles. The molecule has 0 radical (unpaired) electrons. The Morgan fingerprint density at radius 3 is 2.93 bits per heavy atom. The molecule has 1 fully saturated rings. The quantitative estimate of drug-likeness (QED) is 0.707. The Balaban J connectivity index is 2.21. The topological polar surface area (TPSA) is 58.7 Å². The summed E-state index contributed by atoms with van der Waals surface area (Å²) in [4.78, 5) is 2.13. The van der Waals surface area contributed by atoms with Gasteiger partial charge in [-0.3, -0.25) is 0 Å². The molecular formula is C11H16N2O2. The second-order valence-corrected chi connectivity index (χ2v) is 3.81. The normalized spacial score (nSPS) is 20.7. The number of aliphatic hydroxyl groups is 1. The second kappa shape index (κ2) is 3.98. The fraction of sp³-hybridized carbons (Fsp3) is 0.455. The van der Waals surface area contributed by atoms with Crippen LogP contribution in [0.1, 0.15) is 6.42 Å². The summed E-state index contributed by atoms with van der Waals surface area (Å²) >= 11 is 0. The fourth-order valence-electron chi connectivity index (χ4n) is 1.87. The van der Waals surface area contributed by atoms with Gasteiger partial charge in [0.25, 0.3) is 0 Å². The van der Waals surface area contributed by atoms with Gasteiger partial charge in [0, 0.05) is 24.8 Å². The van der Waals surface area contributed by atoms with Crippen LogP contribution in [-0.2, 0) is 0 Å². The lowest BCUT2D eigenvalue weighted by Crippen LogP contribution is -2.21. The van der Waals surface area contributed by atoms with E-state index in [1.807, 2.05) is 18.2 Å². The second-order valence-electron chi connectivity index (χ2n) is 3.81. The number of β-amino-alcohol motifs (C(OH)–C–C–N with tert-alkyl or cyclic N) is 1. The van der Waals surface area contributed by atoms with Crippen molar-refractivity contribution < 1.29 is 9.84 Å². The van der Waals surface area contributed by atoms with E-state index in [2.05, 4.69) is 4.90 Å². The smallest absolute Gasteiger partial charge is 0.143 e. The molecule has 1 aromatic carbocycles. The summed E-state index contributed by atoms with van der Waals surface area (Å²) in [5, 5.41) is 9.44. The molecule has 3 N–H and O–H groups in total. The molecule has 1 aliphatic rings. The van der Waals surface area contributed by atoms with E-state index >= 15 is 0 Å². The number of anilines is 2. The van der Waals surface area contributed by atoms with Gasteiger partial charge in [0.05, 0.1) is 18.9 Å². The highest BCUT2D eigenvalue weighted by molar-refractivity contribution is 5.62. The summed E-state index contributed by atoms with van der Waals surface area (Å²) in [7, 11) is 1.61. The van der Waals surface area contributed by atoms with Crippen LogP contribution in [0.4, 0.5) is 11.4 Å². The molecule has 4 nitrogen and oxygen atoms in total. The largest absolute Gasteiger partial charge is 0.495 e. The molecule has 1 unspecified atom stereocenters. The lowest BCUT2D eigenvalue weighted by molar-refractivity contribution is 0.198. The maximum atomic E-state index is 9.44. The zero-order chi connectivity index (χ0) is 10.8. The number of hydrogen-bond acceptors (Lipinski definition) is 4. The molecule has 0 spiro atoms. The molecule has 82 valence electrons. The molecule has 15 heavy (non-hydrogen) atoms. The maximum absolute atomic E-state index is 9.44. The highest BCUT2D eigenvalue weighted by Gasteiger charge is 2.20. The van der Waals surface area contributed by atoms with Crippen molar-refractivity contribution in [2.24, 2.45) is 0 Å². The molecule has 0 aromatic heterocycles. The summed E-state index contributed by atoms with van der Waals surface area (Å²) in [5.74, 6) is 0.689. The summed E-state index contributed by atoms with van der Waals surface area (Å²) in [6, 6.07) is 5.70. The SMILES string of the molecule is COc1cc(N2CCC(O)C2)ccc1N. The Bertz CT molecular complexity index is 354. The number of rotatable bonds is 2. The number of aliphatic hydroxyl groups excluding tert-OH is 1. The van der Waals surface area contributed by atoms with Crippen molar-refractivity contribution in [1.29, 1.82) is 0 Å². The lowest BCUT2D eigenvalue weighted by atomic mass is 10.2. The number of ether oxygens (including phenoxy) is 1. The van der Waals surface area contributed by atoms with Crippen molar-refractivity contribution in [2.45, 2.75) is 12.5 Å². The maximum Gasteiger partial charge on any atom is 0.143 e. The van der Waals surface area contributed by atoms with E-state index in [9.17, 15) is 5.11 Å². The predicted octanol–water partition coefficient (Wildman–Crippen LogP) is 0.848. The van der Waals surface area contributed by atoms with Crippen LogP contribution in [0.2, 0.25) is 0 Å². The summed E-state index contributed by atoms with van der Waals surface area (Å²) in [6.45, 7) is 1.57. The third-order valence-corrected chi connectivity index (χ3v) is 2.75. The van der Waals surface area contributed by atoms with E-state index in [4.69, 9.17) is 10.5 Å². The van der Waals surface area contributed by atoms with Gasteiger partial charge in [0.2, 0.25) is 0 Å². The van der Waals surface area contributed by atoms with Gasteiger partial charge in [0.1, 0.15) is 5.75 Å². The first kappa shape index (κ1) is 10.1. The zero-order valence-electron chi connectivity index (χ0n) is 8.81. The minimum Gasteiger partial charge on any atom is -0.495 e. The minimum absolute atomic E-state index is 0.214. The van der Waals surface area contributed by atoms with Crippen LogP contribution in [-0.4, -0.2) is 31.4 Å². The van der Waals surface area contributed by atoms with Crippen molar-refractivity contribution in [3.63, 3.8) is 0 Å². The van der Waals surface area contributed by atoms with Gasteiger partial charge in [-0.15, -0.1) is 0 Å². The standard InChI is InChI=1S/C11H16N2O2/c1-15-11-6-8(2-3-10(11)12)13-5-4-9(14)7-13/h2-3,6,9,14H,4-5,7,12H2,1H3. The van der Waals surface area contributed by atoms with Crippen LogP contribution in [0.25, 0.3) is 0 Å². The highest BCUT2D eigenvalue weighted by Crippen LogP contribution is 2.29. The van der Waals surface area contributed by atoms with Crippen LogP contribution in [0, 0.1) is 0 Å². The molecule has 1 aromatic rings. The van der Waals surface area contributed by atoms with E-state index in [-0.39, 0.29) is 6.10 Å². The first-order chi connectivity index (χ1) is 7.20. The van der Waals surface area contributed by atoms with Crippen molar-refractivity contribution in [3.8, 4) is 5.75 Å². The Kier molecular flexibility index (Phi) is 2.68. The third-order valence-electron chi connectivity index (χ3n) is 2.75. The molecule has 0 bridgehead atoms. The molecule has 0 aliphatic carbocycles. The monoisotopic (exact) mass is 208 g/mol. The Hall–Kier alpha value is -1.42. The number of hydrogen-bond donors (Lipinski definition) is 2. The summed E-state index contributed by atoms with van der Waals surface area (Å²) in [6.07, 6.45) is 0.612. The van der Waals surface area contributed by atoms with Gasteiger partial charge >= 0.3 is 0 Å². The molecule has 1 saturated heterocycles. The van der Waals surface area contributed by atoms with Crippen LogP contribution < -0.4 is 15.4 Å². The third kappa shape index (κ3) is 1.99. The number of benzene rings is 1. The Morgan fingerprint density at radius 2 is 2.33 bits per heavy atom. The predicted molar refractivity (Wildman–Crippen MR) is 60.2 cm³/mol. The van der Waals surface area contributed by atoms with Gasteiger partial charge in [-0.05, 0) is 18.6 Å². The van der Waals surface area contributed by atoms with Crippen molar-refractivity contribution in [1.82, 2.24) is 0 Å². The minimum atomic E-state index is -0.214. The van der Waals surface area contributed by atoms with Crippen LogP contribution in [0.15, 0.2) is 18.2 Å². The number of nitrogen functional groups attached to an aromatic ring is 1. The molecule has 2 rings (SSSR count). The van der Waals surface area contributed by atoms with Crippen molar-refractivity contribution >= 4 is 11.4 Å². The lowest BCUT2D eigenvalue weighted by Gasteiger charge is -2.19. The Morgan fingerprint density at radius 1 is 1.53 bits per heavy atom. The van der Waals surface area contributed by atoms with Gasteiger partial charge in [0.15, 0.2) is 0 Å². The van der Waals surface area contributed by atoms with Crippen LogP contribution in [0.3, 0.4) is 0 Å². The molecule has 0 amide bonds. The molecule has 4 heteroatoms.